The first kappa shape index (κ1) is 22.9. The zero-order valence-electron chi connectivity index (χ0n) is 18.4. The fraction of sp³-hybridized carbons (Fsp3) is 0.455. The van der Waals surface area contributed by atoms with E-state index in [2.05, 4.69) is 4.99 Å². The van der Waals surface area contributed by atoms with E-state index < -0.39 is 18.0 Å². The number of carbonyl (C=O) groups excluding carboxylic acids is 3. The van der Waals surface area contributed by atoms with E-state index in [-0.39, 0.29) is 23.0 Å². The molecule has 2 unspecified atom stereocenters. The van der Waals surface area contributed by atoms with Gasteiger partial charge in [0.1, 0.15) is 0 Å². The second-order valence-corrected chi connectivity index (χ2v) is 8.76. The third kappa shape index (κ3) is 4.61. The van der Waals surface area contributed by atoms with Crippen LogP contribution in [-0.2, 0) is 19.1 Å². The van der Waals surface area contributed by atoms with Gasteiger partial charge in [-0.3, -0.25) is 14.5 Å². The van der Waals surface area contributed by atoms with E-state index in [1.54, 1.807) is 39.0 Å². The molecule has 2 aliphatic rings. The fourth-order valence-corrected chi connectivity index (χ4v) is 4.49. The molecule has 9 heteroatoms. The number of amides is 1. The van der Waals surface area contributed by atoms with Crippen LogP contribution in [0.15, 0.2) is 34.5 Å². The number of ether oxygens (including phenoxy) is 3. The minimum Gasteiger partial charge on any atom is -0.490 e. The van der Waals surface area contributed by atoms with Crippen LogP contribution in [0.2, 0.25) is 0 Å². The summed E-state index contributed by atoms with van der Waals surface area (Å²) in [5.74, 6) is -0.526. The van der Waals surface area contributed by atoms with Crippen LogP contribution in [0.25, 0.3) is 0 Å². The molecule has 0 N–H and O–H groups in total. The molecule has 31 heavy (non-hydrogen) atoms. The minimum absolute atomic E-state index is 0.141. The number of esters is 2. The van der Waals surface area contributed by atoms with Crippen LogP contribution in [0.4, 0.5) is 0 Å². The molecule has 0 saturated carbocycles. The van der Waals surface area contributed by atoms with Crippen molar-refractivity contribution in [3.05, 3.63) is 35.0 Å². The number of nitrogens with zero attached hydrogens (tertiary/aromatic N) is 2. The summed E-state index contributed by atoms with van der Waals surface area (Å²) in [5, 5.41) is 0.226. The Kier molecular flexibility index (Phi) is 6.74. The van der Waals surface area contributed by atoms with Crippen LogP contribution in [-0.4, -0.2) is 45.9 Å². The Morgan fingerprint density at radius 1 is 1.26 bits per heavy atom. The van der Waals surface area contributed by atoms with Crippen LogP contribution in [0.1, 0.15) is 53.1 Å². The Labute approximate surface area is 185 Å². The molecular formula is C22H26N2O6S. The van der Waals surface area contributed by atoms with Crippen molar-refractivity contribution < 1.29 is 28.6 Å². The van der Waals surface area contributed by atoms with E-state index in [4.69, 9.17) is 14.2 Å². The van der Waals surface area contributed by atoms with Gasteiger partial charge in [-0.1, -0.05) is 17.8 Å². The quantitative estimate of drug-likeness (QED) is 0.487. The Hall–Kier alpha value is -2.81. The number of hydrogen-bond acceptors (Lipinski definition) is 8. The molecule has 166 valence electrons. The van der Waals surface area contributed by atoms with Gasteiger partial charge < -0.3 is 14.2 Å². The number of benzene rings is 1. The lowest BCUT2D eigenvalue weighted by molar-refractivity contribution is -0.143. The number of fused-ring (bicyclic) bond motifs is 1. The molecule has 0 aromatic heterocycles. The van der Waals surface area contributed by atoms with Crippen molar-refractivity contribution in [2.24, 2.45) is 4.99 Å². The maximum Gasteiger partial charge on any atom is 0.338 e. The summed E-state index contributed by atoms with van der Waals surface area (Å²) in [6.07, 6.45) is -0.327. The molecule has 3 rings (SSSR count). The SMILES string of the molecule is CCOc1cc(C2C(C(=O)OC(C)C)=C(C)N=C3SC(C)C(=O)N32)ccc1OC(C)=O. The van der Waals surface area contributed by atoms with Gasteiger partial charge >= 0.3 is 11.9 Å². The maximum atomic E-state index is 13.0. The molecule has 0 radical (unpaired) electrons. The summed E-state index contributed by atoms with van der Waals surface area (Å²) < 4.78 is 16.4. The number of aliphatic imine (C=N–C) groups is 1. The first-order chi connectivity index (χ1) is 14.6. The summed E-state index contributed by atoms with van der Waals surface area (Å²) in [6, 6.07) is 4.27. The first-order valence-electron chi connectivity index (χ1n) is 10.1. The zero-order valence-corrected chi connectivity index (χ0v) is 19.2. The molecule has 1 aromatic carbocycles. The lowest BCUT2D eigenvalue weighted by Gasteiger charge is -2.33. The molecular weight excluding hydrogens is 420 g/mol. The van der Waals surface area contributed by atoms with Gasteiger partial charge in [-0.25, -0.2) is 9.79 Å². The lowest BCUT2D eigenvalue weighted by Crippen LogP contribution is -2.40. The van der Waals surface area contributed by atoms with Crippen molar-refractivity contribution in [3.63, 3.8) is 0 Å². The standard InChI is InChI=1S/C22H26N2O6S/c1-7-28-17-10-15(8-9-16(17)30-14(6)25)19-18(21(27)29-11(2)3)12(4)23-22-24(19)20(26)13(5)31-22/h8-11,13,19H,7H2,1-6H3. The van der Waals surface area contributed by atoms with Gasteiger partial charge in [0.25, 0.3) is 0 Å². The summed E-state index contributed by atoms with van der Waals surface area (Å²) in [5.41, 5.74) is 1.42. The van der Waals surface area contributed by atoms with Gasteiger partial charge in [0.05, 0.1) is 35.3 Å². The number of rotatable bonds is 6. The van der Waals surface area contributed by atoms with Crippen LogP contribution in [0.3, 0.4) is 0 Å². The fourth-order valence-electron chi connectivity index (χ4n) is 3.46. The molecule has 0 bridgehead atoms. The zero-order chi connectivity index (χ0) is 22.9. The smallest absolute Gasteiger partial charge is 0.338 e. The normalized spacial score (nSPS) is 20.5. The molecule has 1 saturated heterocycles. The predicted molar refractivity (Wildman–Crippen MR) is 117 cm³/mol. The highest BCUT2D eigenvalue weighted by molar-refractivity contribution is 8.15. The van der Waals surface area contributed by atoms with Crippen LogP contribution >= 0.6 is 11.8 Å². The number of hydrogen-bond donors (Lipinski definition) is 0. The third-order valence-electron chi connectivity index (χ3n) is 4.66. The Balaban J connectivity index is 2.15. The van der Waals surface area contributed by atoms with E-state index >= 15 is 0 Å². The highest BCUT2D eigenvalue weighted by Gasteiger charge is 2.46. The maximum absolute atomic E-state index is 13.0. The van der Waals surface area contributed by atoms with Gasteiger partial charge in [0.2, 0.25) is 5.91 Å². The van der Waals surface area contributed by atoms with Crippen molar-refractivity contribution in [2.45, 2.75) is 58.9 Å². The predicted octanol–water partition coefficient (Wildman–Crippen LogP) is 3.61. The summed E-state index contributed by atoms with van der Waals surface area (Å²) >= 11 is 1.35. The molecule has 1 aromatic rings. The molecule has 8 nitrogen and oxygen atoms in total. The van der Waals surface area contributed by atoms with Gasteiger partial charge in [-0.05, 0) is 52.3 Å². The summed E-state index contributed by atoms with van der Waals surface area (Å²) in [4.78, 5) is 43.5. The van der Waals surface area contributed by atoms with Crippen LogP contribution < -0.4 is 9.47 Å². The highest BCUT2D eigenvalue weighted by atomic mass is 32.2. The highest BCUT2D eigenvalue weighted by Crippen LogP contribution is 2.45. The van der Waals surface area contributed by atoms with Crippen LogP contribution in [0.5, 0.6) is 11.5 Å². The number of amidine groups is 1. The van der Waals surface area contributed by atoms with Gasteiger partial charge in [-0.15, -0.1) is 0 Å². The summed E-state index contributed by atoms with van der Waals surface area (Å²) in [7, 11) is 0. The van der Waals surface area contributed by atoms with E-state index in [9.17, 15) is 14.4 Å². The number of carbonyl (C=O) groups is 3. The Morgan fingerprint density at radius 2 is 1.97 bits per heavy atom. The largest absolute Gasteiger partial charge is 0.490 e. The topological polar surface area (TPSA) is 94.5 Å². The average Bonchev–Trinajstić information content (AvgIpc) is 2.94. The van der Waals surface area contributed by atoms with Crippen molar-refractivity contribution >= 4 is 34.8 Å². The number of thioether (sulfide) groups is 1. The van der Waals surface area contributed by atoms with E-state index in [0.29, 0.717) is 34.4 Å². The summed E-state index contributed by atoms with van der Waals surface area (Å²) in [6.45, 7) is 10.5. The first-order valence-corrected chi connectivity index (χ1v) is 11.0. The molecule has 2 heterocycles. The lowest BCUT2D eigenvalue weighted by atomic mass is 9.94. The van der Waals surface area contributed by atoms with E-state index in [1.807, 2.05) is 13.8 Å². The molecule has 0 aliphatic carbocycles. The monoisotopic (exact) mass is 446 g/mol. The van der Waals surface area contributed by atoms with Crippen molar-refractivity contribution in [2.75, 3.05) is 6.61 Å². The van der Waals surface area contributed by atoms with Crippen molar-refractivity contribution in [3.8, 4) is 11.5 Å². The molecule has 0 spiro atoms. The van der Waals surface area contributed by atoms with Crippen LogP contribution in [0, 0.1) is 0 Å². The Bertz CT molecular complexity index is 984. The molecule has 1 amide bonds. The molecule has 2 atom stereocenters. The van der Waals surface area contributed by atoms with Gasteiger partial charge in [0.15, 0.2) is 16.7 Å². The van der Waals surface area contributed by atoms with Gasteiger partial charge in [-0.2, -0.15) is 0 Å². The molecule has 2 aliphatic heterocycles. The minimum atomic E-state index is -0.728. The number of allylic oxidation sites excluding steroid dienone is 1. The third-order valence-corrected chi connectivity index (χ3v) is 5.71. The second kappa shape index (κ2) is 9.13. The van der Waals surface area contributed by atoms with E-state index in [1.165, 1.54) is 23.6 Å². The second-order valence-electron chi connectivity index (χ2n) is 7.45. The average molecular weight is 447 g/mol. The van der Waals surface area contributed by atoms with Crippen molar-refractivity contribution in [1.82, 2.24) is 4.90 Å². The van der Waals surface area contributed by atoms with Crippen molar-refractivity contribution in [1.29, 1.82) is 0 Å². The molecule has 1 fully saturated rings. The van der Waals surface area contributed by atoms with E-state index in [0.717, 1.165) is 0 Å². The Morgan fingerprint density at radius 3 is 2.58 bits per heavy atom. The van der Waals surface area contributed by atoms with Gasteiger partial charge in [0, 0.05) is 6.92 Å².